The van der Waals surface area contributed by atoms with Gasteiger partial charge in [-0.1, -0.05) is 23.8 Å². The SMILES string of the molecule is C=CCOCC1(C2CC2)c2cc(Cl)ccc2NC(=O)N1CC=C. The van der Waals surface area contributed by atoms with Crippen LogP contribution in [0.15, 0.2) is 43.5 Å². The number of rotatable bonds is 7. The van der Waals surface area contributed by atoms with Crippen LogP contribution in [-0.4, -0.2) is 30.7 Å². The van der Waals surface area contributed by atoms with Gasteiger partial charge in [-0.3, -0.25) is 0 Å². The van der Waals surface area contributed by atoms with Crippen LogP contribution >= 0.6 is 11.6 Å². The number of benzene rings is 1. The first-order valence-corrected chi connectivity index (χ1v) is 8.19. The number of halogens is 1. The Labute approximate surface area is 141 Å². The number of nitrogens with zero attached hydrogens (tertiary/aromatic N) is 1. The predicted octanol–water partition coefficient (Wildman–Crippen LogP) is 4.18. The van der Waals surface area contributed by atoms with Gasteiger partial charge in [-0.05, 0) is 37.0 Å². The number of amides is 2. The Morgan fingerprint density at radius 3 is 2.83 bits per heavy atom. The topological polar surface area (TPSA) is 41.6 Å². The van der Waals surface area contributed by atoms with E-state index in [4.69, 9.17) is 16.3 Å². The highest BCUT2D eigenvalue weighted by Crippen LogP contribution is 2.53. The van der Waals surface area contributed by atoms with Crippen molar-refractivity contribution in [3.63, 3.8) is 0 Å². The van der Waals surface area contributed by atoms with Crippen molar-refractivity contribution in [2.75, 3.05) is 25.1 Å². The highest BCUT2D eigenvalue weighted by atomic mass is 35.5. The van der Waals surface area contributed by atoms with E-state index in [1.165, 1.54) is 0 Å². The van der Waals surface area contributed by atoms with Gasteiger partial charge in [-0.25, -0.2) is 4.79 Å². The smallest absolute Gasteiger partial charge is 0.322 e. The molecule has 1 unspecified atom stereocenters. The summed E-state index contributed by atoms with van der Waals surface area (Å²) < 4.78 is 5.83. The molecule has 1 heterocycles. The average Bonchev–Trinajstić information content (AvgIpc) is 3.36. The van der Waals surface area contributed by atoms with Crippen molar-refractivity contribution < 1.29 is 9.53 Å². The molecule has 1 aliphatic heterocycles. The molecule has 1 saturated carbocycles. The monoisotopic (exact) mass is 332 g/mol. The number of nitrogens with one attached hydrogen (secondary N) is 1. The summed E-state index contributed by atoms with van der Waals surface area (Å²) in [7, 11) is 0. The Kier molecular flexibility index (Phi) is 4.46. The maximum absolute atomic E-state index is 12.7. The lowest BCUT2D eigenvalue weighted by molar-refractivity contribution is 0.00885. The van der Waals surface area contributed by atoms with Gasteiger partial charge in [0.1, 0.15) is 0 Å². The quantitative estimate of drug-likeness (QED) is 0.601. The molecule has 1 N–H and O–H groups in total. The molecular weight excluding hydrogens is 312 g/mol. The molecule has 3 rings (SSSR count). The summed E-state index contributed by atoms with van der Waals surface area (Å²) in [4.78, 5) is 14.5. The Bertz CT molecular complexity index is 642. The van der Waals surface area contributed by atoms with Crippen LogP contribution in [0.25, 0.3) is 0 Å². The molecule has 0 spiro atoms. The van der Waals surface area contributed by atoms with E-state index in [-0.39, 0.29) is 6.03 Å². The Balaban J connectivity index is 2.12. The number of hydrogen-bond acceptors (Lipinski definition) is 2. The van der Waals surface area contributed by atoms with Crippen LogP contribution in [0, 0.1) is 5.92 Å². The maximum Gasteiger partial charge on any atom is 0.322 e. The van der Waals surface area contributed by atoms with Crippen molar-refractivity contribution in [1.29, 1.82) is 0 Å². The molecule has 1 aromatic carbocycles. The van der Waals surface area contributed by atoms with Crippen LogP contribution in [0.3, 0.4) is 0 Å². The maximum atomic E-state index is 12.7. The summed E-state index contributed by atoms with van der Waals surface area (Å²) in [6.45, 7) is 8.85. The first kappa shape index (κ1) is 16.1. The van der Waals surface area contributed by atoms with Gasteiger partial charge in [0.25, 0.3) is 0 Å². The summed E-state index contributed by atoms with van der Waals surface area (Å²) in [5.74, 6) is 0.371. The molecule has 0 saturated heterocycles. The number of carbonyl (C=O) groups is 1. The Morgan fingerprint density at radius 1 is 1.39 bits per heavy atom. The second-order valence-electron chi connectivity index (χ2n) is 6.02. The van der Waals surface area contributed by atoms with Gasteiger partial charge in [0.2, 0.25) is 0 Å². The van der Waals surface area contributed by atoms with E-state index in [0.717, 1.165) is 24.1 Å². The van der Waals surface area contributed by atoms with E-state index >= 15 is 0 Å². The summed E-state index contributed by atoms with van der Waals surface area (Å²) in [6, 6.07) is 5.49. The lowest BCUT2D eigenvalue weighted by Crippen LogP contribution is -2.58. The van der Waals surface area contributed by atoms with Crippen molar-refractivity contribution >= 4 is 23.3 Å². The largest absolute Gasteiger partial charge is 0.375 e. The van der Waals surface area contributed by atoms with Gasteiger partial charge in [0, 0.05) is 22.8 Å². The highest BCUT2D eigenvalue weighted by Gasteiger charge is 2.55. The summed E-state index contributed by atoms with van der Waals surface area (Å²) in [5.41, 5.74) is 1.34. The number of anilines is 1. The molecule has 1 fully saturated rings. The van der Waals surface area contributed by atoms with E-state index in [9.17, 15) is 4.79 Å². The van der Waals surface area contributed by atoms with Crippen LogP contribution < -0.4 is 5.32 Å². The molecule has 1 atom stereocenters. The van der Waals surface area contributed by atoms with E-state index in [1.54, 1.807) is 18.2 Å². The Morgan fingerprint density at radius 2 is 2.17 bits per heavy atom. The molecule has 23 heavy (non-hydrogen) atoms. The average molecular weight is 333 g/mol. The van der Waals surface area contributed by atoms with Crippen molar-refractivity contribution in [1.82, 2.24) is 4.90 Å². The van der Waals surface area contributed by atoms with Crippen molar-refractivity contribution in [2.45, 2.75) is 18.4 Å². The third-order valence-corrected chi connectivity index (χ3v) is 4.77. The molecule has 1 aromatic rings. The lowest BCUT2D eigenvalue weighted by Gasteiger charge is -2.48. The van der Waals surface area contributed by atoms with Gasteiger partial charge >= 0.3 is 6.03 Å². The van der Waals surface area contributed by atoms with E-state index in [2.05, 4.69) is 18.5 Å². The summed E-state index contributed by atoms with van der Waals surface area (Å²) in [5, 5.41) is 3.61. The molecule has 1 aliphatic carbocycles. The zero-order chi connectivity index (χ0) is 16.4. The molecule has 0 bridgehead atoms. The molecule has 2 amide bonds. The highest BCUT2D eigenvalue weighted by molar-refractivity contribution is 6.30. The van der Waals surface area contributed by atoms with Gasteiger partial charge in [0.05, 0.1) is 18.8 Å². The predicted molar refractivity (Wildman–Crippen MR) is 92.8 cm³/mol. The lowest BCUT2D eigenvalue weighted by atomic mass is 9.81. The molecule has 0 aromatic heterocycles. The van der Waals surface area contributed by atoms with Crippen molar-refractivity contribution in [2.24, 2.45) is 5.92 Å². The number of ether oxygens (including phenoxy) is 1. The fourth-order valence-corrected chi connectivity index (χ4v) is 3.61. The van der Waals surface area contributed by atoms with E-state index in [1.807, 2.05) is 17.0 Å². The fraction of sp³-hybridized carbons (Fsp3) is 0.389. The summed E-state index contributed by atoms with van der Waals surface area (Å²) in [6.07, 6.45) is 5.62. The van der Waals surface area contributed by atoms with Gasteiger partial charge in [-0.15, -0.1) is 13.2 Å². The molecular formula is C18H21ClN2O2. The molecule has 4 nitrogen and oxygen atoms in total. The number of hydrogen-bond donors (Lipinski definition) is 1. The first-order valence-electron chi connectivity index (χ1n) is 7.81. The third-order valence-electron chi connectivity index (χ3n) is 4.54. The number of fused-ring (bicyclic) bond motifs is 1. The third kappa shape index (κ3) is 2.77. The van der Waals surface area contributed by atoms with E-state index in [0.29, 0.717) is 30.7 Å². The molecule has 122 valence electrons. The summed E-state index contributed by atoms with van der Waals surface area (Å²) >= 11 is 6.24. The second kappa shape index (κ2) is 6.38. The molecule has 0 radical (unpaired) electrons. The fourth-order valence-electron chi connectivity index (χ4n) is 3.44. The molecule has 2 aliphatic rings. The standard InChI is InChI=1S/C18H21ClN2O2/c1-3-9-21-17(22)20-16-8-7-14(19)11-15(16)18(21,13-5-6-13)12-23-10-4-2/h3-4,7-8,11,13H,1-2,5-6,9-10,12H2,(H,20,22). The minimum absolute atomic E-state index is 0.117. The zero-order valence-corrected chi connectivity index (χ0v) is 13.8. The van der Waals surface area contributed by atoms with Crippen molar-refractivity contribution in [3.05, 3.63) is 54.1 Å². The van der Waals surface area contributed by atoms with Crippen LogP contribution in [0.2, 0.25) is 5.02 Å². The second-order valence-corrected chi connectivity index (χ2v) is 6.46. The minimum Gasteiger partial charge on any atom is -0.375 e. The normalized spacial score (nSPS) is 23.2. The van der Waals surface area contributed by atoms with Gasteiger partial charge in [-0.2, -0.15) is 0 Å². The van der Waals surface area contributed by atoms with Crippen molar-refractivity contribution in [3.8, 4) is 0 Å². The van der Waals surface area contributed by atoms with Gasteiger partial charge < -0.3 is 15.0 Å². The Hall–Kier alpha value is -1.78. The van der Waals surface area contributed by atoms with Crippen LogP contribution in [0.4, 0.5) is 10.5 Å². The van der Waals surface area contributed by atoms with E-state index < -0.39 is 5.54 Å². The number of carbonyl (C=O) groups excluding carboxylic acids is 1. The van der Waals surface area contributed by atoms with Crippen LogP contribution in [0.1, 0.15) is 18.4 Å². The molecule has 5 heteroatoms. The minimum atomic E-state index is -0.500. The number of urea groups is 1. The zero-order valence-electron chi connectivity index (χ0n) is 13.1. The first-order chi connectivity index (χ1) is 11.1. The van der Waals surface area contributed by atoms with Gasteiger partial charge in [0.15, 0.2) is 0 Å². The van der Waals surface area contributed by atoms with Crippen LogP contribution in [0.5, 0.6) is 0 Å². The van der Waals surface area contributed by atoms with Crippen LogP contribution in [-0.2, 0) is 10.3 Å².